The molecular weight excluding hydrogens is 236 g/mol. The largest absolute Gasteiger partial charge is 0.341 e. The summed E-state index contributed by atoms with van der Waals surface area (Å²) < 4.78 is 4.18. The molecule has 0 aliphatic rings. The highest BCUT2D eigenvalue weighted by Gasteiger charge is 2.09. The van der Waals surface area contributed by atoms with Gasteiger partial charge >= 0.3 is 0 Å². The second-order valence-electron chi connectivity index (χ2n) is 4.90. The second kappa shape index (κ2) is 4.55. The van der Waals surface area contributed by atoms with Gasteiger partial charge in [0.05, 0.1) is 17.9 Å². The Labute approximate surface area is 112 Å². The highest BCUT2D eigenvalue weighted by molar-refractivity contribution is 5.84. The van der Waals surface area contributed by atoms with Gasteiger partial charge in [0.15, 0.2) is 0 Å². The molecule has 2 aromatic heterocycles. The van der Waals surface area contributed by atoms with Crippen molar-refractivity contribution in [3.8, 4) is 0 Å². The highest BCUT2D eigenvalue weighted by atomic mass is 15.3. The van der Waals surface area contributed by atoms with Gasteiger partial charge in [-0.3, -0.25) is 4.68 Å². The van der Waals surface area contributed by atoms with Crippen molar-refractivity contribution in [3.63, 3.8) is 0 Å². The monoisotopic (exact) mass is 254 g/mol. The summed E-state index contributed by atoms with van der Waals surface area (Å²) in [5.74, 6) is 0. The van der Waals surface area contributed by atoms with E-state index in [1.165, 1.54) is 22.2 Å². The Balaban J connectivity index is 2.08. The van der Waals surface area contributed by atoms with Crippen molar-refractivity contribution in [3.05, 3.63) is 53.5 Å². The molecule has 98 valence electrons. The molecular formula is C15H18N4. The van der Waals surface area contributed by atoms with Gasteiger partial charge in [0.1, 0.15) is 0 Å². The number of hydrogen-bond donors (Lipinski definition) is 1. The lowest BCUT2D eigenvalue weighted by atomic mass is 10.2. The van der Waals surface area contributed by atoms with Crippen LogP contribution >= 0.6 is 0 Å². The van der Waals surface area contributed by atoms with Gasteiger partial charge in [-0.05, 0) is 24.6 Å². The normalized spacial score (nSPS) is 11.3. The lowest BCUT2D eigenvalue weighted by Gasteiger charge is -2.05. The lowest BCUT2D eigenvalue weighted by Crippen LogP contribution is -2.04. The fourth-order valence-corrected chi connectivity index (χ4v) is 2.60. The van der Waals surface area contributed by atoms with E-state index in [1.54, 1.807) is 0 Å². The average molecular weight is 254 g/mol. The summed E-state index contributed by atoms with van der Waals surface area (Å²) in [6, 6.07) is 10.5. The maximum atomic E-state index is 5.83. The van der Waals surface area contributed by atoms with Crippen LogP contribution in [0, 0.1) is 6.92 Å². The molecule has 4 nitrogen and oxygen atoms in total. The molecule has 0 unspecified atom stereocenters. The van der Waals surface area contributed by atoms with Gasteiger partial charge in [0.25, 0.3) is 0 Å². The molecule has 3 rings (SSSR count). The van der Waals surface area contributed by atoms with E-state index < -0.39 is 0 Å². The van der Waals surface area contributed by atoms with E-state index in [9.17, 15) is 0 Å². The SMILES string of the molecule is Cc1cc(Cn2cc(CN)c3ccccc32)n(C)n1. The zero-order valence-corrected chi connectivity index (χ0v) is 11.3. The Morgan fingerprint density at radius 1 is 1.26 bits per heavy atom. The van der Waals surface area contributed by atoms with Crippen molar-refractivity contribution >= 4 is 10.9 Å². The molecule has 2 N–H and O–H groups in total. The number of aryl methyl sites for hydroxylation is 2. The third kappa shape index (κ3) is 2.04. The molecule has 0 saturated carbocycles. The van der Waals surface area contributed by atoms with Crippen LogP contribution in [0.15, 0.2) is 36.5 Å². The molecule has 0 radical (unpaired) electrons. The predicted molar refractivity (Wildman–Crippen MR) is 76.9 cm³/mol. The van der Waals surface area contributed by atoms with Crippen LogP contribution in [0.4, 0.5) is 0 Å². The molecule has 0 saturated heterocycles. The van der Waals surface area contributed by atoms with Crippen molar-refractivity contribution in [2.24, 2.45) is 12.8 Å². The van der Waals surface area contributed by atoms with Crippen molar-refractivity contribution in [1.82, 2.24) is 14.3 Å². The van der Waals surface area contributed by atoms with Crippen LogP contribution in [-0.2, 0) is 20.1 Å². The van der Waals surface area contributed by atoms with Gasteiger partial charge in [-0.2, -0.15) is 5.10 Å². The summed E-state index contributed by atoms with van der Waals surface area (Å²) in [5.41, 5.74) is 10.5. The topological polar surface area (TPSA) is 48.8 Å². The molecule has 0 bridgehead atoms. The Bertz CT molecular complexity index is 721. The maximum absolute atomic E-state index is 5.83. The minimum atomic E-state index is 0.567. The van der Waals surface area contributed by atoms with E-state index in [0.717, 1.165) is 12.2 Å². The fraction of sp³-hybridized carbons (Fsp3) is 0.267. The third-order valence-corrected chi connectivity index (χ3v) is 3.52. The number of nitrogens with two attached hydrogens (primary N) is 1. The zero-order valence-electron chi connectivity index (χ0n) is 11.3. The summed E-state index contributed by atoms with van der Waals surface area (Å²) >= 11 is 0. The molecule has 19 heavy (non-hydrogen) atoms. The van der Waals surface area contributed by atoms with Crippen LogP contribution in [0.1, 0.15) is 17.0 Å². The van der Waals surface area contributed by atoms with E-state index in [4.69, 9.17) is 5.73 Å². The predicted octanol–water partition coefficient (Wildman–Crippen LogP) is 2.19. The van der Waals surface area contributed by atoms with E-state index >= 15 is 0 Å². The number of fused-ring (bicyclic) bond motifs is 1. The van der Waals surface area contributed by atoms with Gasteiger partial charge in [-0.1, -0.05) is 18.2 Å². The summed E-state index contributed by atoms with van der Waals surface area (Å²) in [6.07, 6.45) is 2.15. The van der Waals surface area contributed by atoms with Crippen LogP contribution in [0.5, 0.6) is 0 Å². The van der Waals surface area contributed by atoms with Crippen molar-refractivity contribution < 1.29 is 0 Å². The van der Waals surface area contributed by atoms with Gasteiger partial charge in [-0.25, -0.2) is 0 Å². The van der Waals surface area contributed by atoms with Crippen LogP contribution in [0.25, 0.3) is 10.9 Å². The molecule has 0 spiro atoms. The molecule has 0 fully saturated rings. The summed E-state index contributed by atoms with van der Waals surface area (Å²) in [5, 5.41) is 5.63. The number of hydrogen-bond acceptors (Lipinski definition) is 2. The molecule has 2 heterocycles. The van der Waals surface area contributed by atoms with Gasteiger partial charge in [0, 0.05) is 30.7 Å². The molecule has 1 aromatic carbocycles. The third-order valence-electron chi connectivity index (χ3n) is 3.52. The average Bonchev–Trinajstić information content (AvgIpc) is 2.91. The number of rotatable bonds is 3. The van der Waals surface area contributed by atoms with Crippen molar-refractivity contribution in [2.45, 2.75) is 20.0 Å². The first-order valence-corrected chi connectivity index (χ1v) is 6.45. The summed E-state index contributed by atoms with van der Waals surface area (Å²) in [7, 11) is 1.98. The number of para-hydroxylation sites is 1. The summed E-state index contributed by atoms with van der Waals surface area (Å²) in [6.45, 7) is 3.40. The molecule has 0 atom stereocenters. The van der Waals surface area contributed by atoms with Crippen molar-refractivity contribution in [1.29, 1.82) is 0 Å². The Hall–Kier alpha value is -2.07. The van der Waals surface area contributed by atoms with Gasteiger partial charge in [-0.15, -0.1) is 0 Å². The molecule has 0 aliphatic carbocycles. The molecule has 4 heteroatoms. The van der Waals surface area contributed by atoms with Crippen LogP contribution in [0.2, 0.25) is 0 Å². The molecule has 3 aromatic rings. The maximum Gasteiger partial charge on any atom is 0.0645 e. The standard InChI is InChI=1S/C15H18N4/c1-11-7-13(18(2)17-11)10-19-9-12(8-16)14-5-3-4-6-15(14)19/h3-7,9H,8,10,16H2,1-2H3. The van der Waals surface area contributed by atoms with Crippen LogP contribution in [0.3, 0.4) is 0 Å². The molecule has 0 aliphatic heterocycles. The first kappa shape index (κ1) is 12.0. The minimum absolute atomic E-state index is 0.567. The first-order valence-electron chi connectivity index (χ1n) is 6.45. The van der Waals surface area contributed by atoms with E-state index in [1.807, 2.05) is 18.7 Å². The van der Waals surface area contributed by atoms with E-state index in [2.05, 4.69) is 46.2 Å². The van der Waals surface area contributed by atoms with Crippen LogP contribution in [-0.4, -0.2) is 14.3 Å². The fourth-order valence-electron chi connectivity index (χ4n) is 2.60. The lowest BCUT2D eigenvalue weighted by molar-refractivity contribution is 0.672. The highest BCUT2D eigenvalue weighted by Crippen LogP contribution is 2.22. The zero-order chi connectivity index (χ0) is 13.4. The number of benzene rings is 1. The quantitative estimate of drug-likeness (QED) is 0.779. The second-order valence-corrected chi connectivity index (χ2v) is 4.90. The molecule has 0 amide bonds. The number of aromatic nitrogens is 3. The van der Waals surface area contributed by atoms with Gasteiger partial charge in [0.2, 0.25) is 0 Å². The minimum Gasteiger partial charge on any atom is -0.341 e. The Morgan fingerprint density at radius 3 is 2.74 bits per heavy atom. The van der Waals surface area contributed by atoms with Gasteiger partial charge < -0.3 is 10.3 Å². The Morgan fingerprint density at radius 2 is 2.05 bits per heavy atom. The van der Waals surface area contributed by atoms with Crippen molar-refractivity contribution in [2.75, 3.05) is 0 Å². The smallest absolute Gasteiger partial charge is 0.0645 e. The Kier molecular flexibility index (Phi) is 2.87. The van der Waals surface area contributed by atoms with E-state index in [-0.39, 0.29) is 0 Å². The number of nitrogens with zero attached hydrogens (tertiary/aromatic N) is 3. The van der Waals surface area contributed by atoms with Crippen LogP contribution < -0.4 is 5.73 Å². The van der Waals surface area contributed by atoms with E-state index in [0.29, 0.717) is 6.54 Å². The summed E-state index contributed by atoms with van der Waals surface area (Å²) in [4.78, 5) is 0. The first-order chi connectivity index (χ1) is 9.19.